The van der Waals surface area contributed by atoms with Crippen LogP contribution in [0.4, 0.5) is 14.5 Å². The molecule has 2 amide bonds. The van der Waals surface area contributed by atoms with E-state index in [0.29, 0.717) is 22.4 Å². The van der Waals surface area contributed by atoms with Crippen molar-refractivity contribution in [3.63, 3.8) is 0 Å². The highest BCUT2D eigenvalue weighted by Gasteiger charge is 2.39. The van der Waals surface area contributed by atoms with Crippen molar-refractivity contribution in [2.24, 2.45) is 10.1 Å². The number of hydrogen-bond donors (Lipinski definition) is 1. The number of halogens is 3. The zero-order chi connectivity index (χ0) is 26.8. The highest BCUT2D eigenvalue weighted by molar-refractivity contribution is 8.15. The lowest BCUT2D eigenvalue weighted by Gasteiger charge is -2.23. The van der Waals surface area contributed by atoms with E-state index in [-0.39, 0.29) is 18.2 Å². The zero-order valence-corrected chi connectivity index (χ0v) is 21.6. The second-order valence-corrected chi connectivity index (χ2v) is 10.2. The van der Waals surface area contributed by atoms with Crippen molar-refractivity contribution < 1.29 is 23.1 Å². The number of aliphatic imine (C=N–C) groups is 1. The molecule has 0 saturated heterocycles. The van der Waals surface area contributed by atoms with Crippen LogP contribution < -0.4 is 10.1 Å². The summed E-state index contributed by atoms with van der Waals surface area (Å²) >= 11 is 7.20. The molecule has 194 valence electrons. The van der Waals surface area contributed by atoms with Gasteiger partial charge in [0.25, 0.3) is 5.91 Å². The molecule has 38 heavy (non-hydrogen) atoms. The molecule has 7 nitrogen and oxygen atoms in total. The monoisotopic (exact) mass is 554 g/mol. The number of hydrazone groups is 1. The molecular weight excluding hydrogens is 534 g/mol. The average molecular weight is 555 g/mol. The minimum atomic E-state index is -1.08. The van der Waals surface area contributed by atoms with Gasteiger partial charge in [0.15, 0.2) is 16.8 Å². The molecular formula is C27H21ClF2N4O3S. The Morgan fingerprint density at radius 2 is 1.84 bits per heavy atom. The lowest BCUT2D eigenvalue weighted by molar-refractivity contribution is -0.121. The highest BCUT2D eigenvalue weighted by Crippen LogP contribution is 2.39. The number of thioether (sulfide) groups is 1. The highest BCUT2D eigenvalue weighted by atomic mass is 35.5. The van der Waals surface area contributed by atoms with Crippen molar-refractivity contribution in [2.75, 3.05) is 12.4 Å². The van der Waals surface area contributed by atoms with Gasteiger partial charge >= 0.3 is 0 Å². The van der Waals surface area contributed by atoms with Gasteiger partial charge in [-0.05, 0) is 47.5 Å². The van der Waals surface area contributed by atoms with Crippen LogP contribution >= 0.6 is 23.4 Å². The fraction of sp³-hybridized carbons (Fsp3) is 0.185. The molecule has 0 bridgehead atoms. The number of nitrogens with zero attached hydrogens (tertiary/aromatic N) is 3. The van der Waals surface area contributed by atoms with Gasteiger partial charge in [0.2, 0.25) is 5.91 Å². The Kier molecular flexibility index (Phi) is 7.44. The smallest absolute Gasteiger partial charge is 0.262 e. The number of anilines is 1. The number of amidine groups is 1. The van der Waals surface area contributed by atoms with Crippen molar-refractivity contribution in [1.29, 1.82) is 0 Å². The van der Waals surface area contributed by atoms with E-state index in [1.165, 1.54) is 6.07 Å². The van der Waals surface area contributed by atoms with Crippen LogP contribution in [0.25, 0.3) is 0 Å². The van der Waals surface area contributed by atoms with Gasteiger partial charge in [-0.25, -0.2) is 13.8 Å². The van der Waals surface area contributed by atoms with Crippen molar-refractivity contribution in [1.82, 2.24) is 5.01 Å². The van der Waals surface area contributed by atoms with E-state index in [2.05, 4.69) is 10.3 Å². The van der Waals surface area contributed by atoms with E-state index in [9.17, 15) is 18.4 Å². The fourth-order valence-electron chi connectivity index (χ4n) is 4.15. The first kappa shape index (κ1) is 25.9. The second-order valence-electron chi connectivity index (χ2n) is 8.61. The predicted molar refractivity (Wildman–Crippen MR) is 144 cm³/mol. The molecule has 2 unspecified atom stereocenters. The van der Waals surface area contributed by atoms with Gasteiger partial charge in [-0.3, -0.25) is 9.59 Å². The van der Waals surface area contributed by atoms with Crippen molar-refractivity contribution >= 4 is 51.7 Å². The van der Waals surface area contributed by atoms with Gasteiger partial charge in [0.05, 0.1) is 18.9 Å². The van der Waals surface area contributed by atoms with E-state index in [1.807, 2.05) is 36.4 Å². The standard InChI is InChI=1S/C27H21ClF2N4O3S/c1-37-19-9-4-16(5-10-19)23-13-22(15-2-6-17(28)7-3-15)33-34(23)27-32-26(36)24(38-27)14-25(35)31-18-8-11-20(29)21(30)12-18/h2-12,23-24H,13-14H2,1H3,(H,31,35). The number of amides is 2. The Bertz CT molecular complexity index is 1450. The van der Waals surface area contributed by atoms with Crippen LogP contribution in [0.2, 0.25) is 5.02 Å². The van der Waals surface area contributed by atoms with Crippen LogP contribution in [0.3, 0.4) is 0 Å². The summed E-state index contributed by atoms with van der Waals surface area (Å²) in [5, 5.41) is 9.22. The van der Waals surface area contributed by atoms with Crippen molar-refractivity contribution in [3.05, 3.63) is 94.5 Å². The summed E-state index contributed by atoms with van der Waals surface area (Å²) in [6, 6.07) is 17.7. The van der Waals surface area contributed by atoms with Gasteiger partial charge in [-0.15, -0.1) is 0 Å². The molecule has 0 radical (unpaired) electrons. The van der Waals surface area contributed by atoms with Gasteiger partial charge in [0, 0.05) is 29.6 Å². The third kappa shape index (κ3) is 5.56. The lowest BCUT2D eigenvalue weighted by Crippen LogP contribution is -2.25. The Hall–Kier alpha value is -3.76. The molecule has 2 aliphatic heterocycles. The second kappa shape index (κ2) is 10.9. The fourth-order valence-corrected chi connectivity index (χ4v) is 5.34. The molecule has 3 aromatic carbocycles. The summed E-state index contributed by atoms with van der Waals surface area (Å²) in [6.45, 7) is 0. The Morgan fingerprint density at radius 1 is 1.11 bits per heavy atom. The number of carbonyl (C=O) groups excluding carboxylic acids is 2. The quantitative estimate of drug-likeness (QED) is 0.416. The molecule has 0 aromatic heterocycles. The number of hydrogen-bond acceptors (Lipinski definition) is 6. The average Bonchev–Trinajstić information content (AvgIpc) is 3.50. The maximum absolute atomic E-state index is 13.5. The largest absolute Gasteiger partial charge is 0.497 e. The summed E-state index contributed by atoms with van der Waals surface area (Å²) in [6.07, 6.45) is 0.368. The summed E-state index contributed by atoms with van der Waals surface area (Å²) in [5.41, 5.74) is 2.75. The molecule has 0 fully saturated rings. The van der Waals surface area contributed by atoms with Crippen LogP contribution in [-0.4, -0.2) is 40.1 Å². The van der Waals surface area contributed by atoms with E-state index in [1.54, 1.807) is 24.3 Å². The van der Waals surface area contributed by atoms with E-state index in [4.69, 9.17) is 21.4 Å². The van der Waals surface area contributed by atoms with E-state index < -0.39 is 28.7 Å². The predicted octanol–water partition coefficient (Wildman–Crippen LogP) is 5.80. The minimum Gasteiger partial charge on any atom is -0.497 e. The number of nitrogens with one attached hydrogen (secondary N) is 1. The molecule has 1 N–H and O–H groups in total. The van der Waals surface area contributed by atoms with Crippen LogP contribution in [0, 0.1) is 11.6 Å². The van der Waals surface area contributed by atoms with Gasteiger partial charge in [0.1, 0.15) is 11.0 Å². The van der Waals surface area contributed by atoms with Crippen molar-refractivity contribution in [2.45, 2.75) is 24.1 Å². The summed E-state index contributed by atoms with van der Waals surface area (Å²) in [5.74, 6) is -2.36. The van der Waals surface area contributed by atoms with Crippen LogP contribution in [0.1, 0.15) is 30.0 Å². The van der Waals surface area contributed by atoms with E-state index in [0.717, 1.165) is 40.7 Å². The first-order valence-corrected chi connectivity index (χ1v) is 12.9. The number of carbonyl (C=O) groups is 2. The topological polar surface area (TPSA) is 83.4 Å². The van der Waals surface area contributed by atoms with Crippen molar-refractivity contribution in [3.8, 4) is 5.75 Å². The van der Waals surface area contributed by atoms with E-state index >= 15 is 0 Å². The molecule has 3 aromatic rings. The molecule has 0 spiro atoms. The Morgan fingerprint density at radius 3 is 2.53 bits per heavy atom. The first-order chi connectivity index (χ1) is 18.3. The number of benzene rings is 3. The number of methoxy groups -OCH3 is 1. The third-order valence-electron chi connectivity index (χ3n) is 6.09. The normalized spacial score (nSPS) is 18.8. The molecule has 2 atom stereocenters. The Labute approximate surface area is 226 Å². The summed E-state index contributed by atoms with van der Waals surface area (Å²) < 4.78 is 31.9. The zero-order valence-electron chi connectivity index (χ0n) is 20.0. The number of ether oxygens (including phenoxy) is 1. The van der Waals surface area contributed by atoms with Gasteiger partial charge in [-0.1, -0.05) is 47.6 Å². The first-order valence-electron chi connectivity index (χ1n) is 11.6. The van der Waals surface area contributed by atoms with Crippen LogP contribution in [0.15, 0.2) is 76.8 Å². The molecule has 11 heteroatoms. The summed E-state index contributed by atoms with van der Waals surface area (Å²) in [7, 11) is 1.59. The number of rotatable bonds is 6. The van der Waals surface area contributed by atoms with Gasteiger partial charge < -0.3 is 10.1 Å². The SMILES string of the molecule is COc1ccc(C2CC(c3ccc(Cl)cc3)=NN2C2=NC(=O)C(CC(=O)Nc3ccc(F)c(F)c3)S2)cc1. The molecule has 2 heterocycles. The Balaban J connectivity index is 1.34. The maximum Gasteiger partial charge on any atom is 0.262 e. The van der Waals surface area contributed by atoms with Crippen LogP contribution in [-0.2, 0) is 9.59 Å². The van der Waals surface area contributed by atoms with Gasteiger partial charge in [-0.2, -0.15) is 10.1 Å². The minimum absolute atomic E-state index is 0.0989. The lowest BCUT2D eigenvalue weighted by atomic mass is 9.98. The third-order valence-corrected chi connectivity index (χ3v) is 7.48. The molecule has 5 rings (SSSR count). The molecule has 2 aliphatic rings. The maximum atomic E-state index is 13.5. The molecule has 0 saturated carbocycles. The van der Waals surface area contributed by atoms with Crippen LogP contribution in [0.5, 0.6) is 5.75 Å². The molecule has 0 aliphatic carbocycles. The summed E-state index contributed by atoms with van der Waals surface area (Å²) in [4.78, 5) is 29.5.